The number of hydrogen-bond donors (Lipinski definition) is 2. The molecule has 1 rings (SSSR count). The van der Waals surface area contributed by atoms with Gasteiger partial charge in [-0.05, 0) is 12.8 Å². The van der Waals surface area contributed by atoms with Gasteiger partial charge in [-0.15, -0.1) is 0 Å². The van der Waals surface area contributed by atoms with Gasteiger partial charge in [-0.1, -0.05) is 22.5 Å². The fraction of sp³-hybridized carbons (Fsp3) is 0.778. The van der Waals surface area contributed by atoms with Crippen LogP contribution < -0.4 is 0 Å². The number of likely N-dealkylation sites (tertiary alicyclic amines) is 1. The molecule has 13 heavy (non-hydrogen) atoms. The number of nitrogens with zero attached hydrogens (tertiary/aromatic N) is 1. The number of hydrogen-bond acceptors (Lipinski definition) is 3. The third-order valence-corrected chi connectivity index (χ3v) is 2.73. The van der Waals surface area contributed by atoms with E-state index >= 15 is 0 Å². The van der Waals surface area contributed by atoms with Crippen molar-refractivity contribution in [3.05, 3.63) is 11.1 Å². The van der Waals surface area contributed by atoms with Gasteiger partial charge < -0.3 is 10.2 Å². The third-order valence-electron chi connectivity index (χ3n) is 2.48. The summed E-state index contributed by atoms with van der Waals surface area (Å²) in [5.74, 6) is 0. The van der Waals surface area contributed by atoms with Gasteiger partial charge in [0.2, 0.25) is 0 Å². The third kappa shape index (κ3) is 3.38. The average Bonchev–Trinajstić information content (AvgIpc) is 2.09. The van der Waals surface area contributed by atoms with Crippen molar-refractivity contribution in [2.45, 2.75) is 18.4 Å². The van der Waals surface area contributed by atoms with Crippen LogP contribution in [0.1, 0.15) is 12.8 Å². The van der Waals surface area contributed by atoms with Gasteiger partial charge in [0.05, 0.1) is 12.2 Å². The van der Waals surface area contributed by atoms with Gasteiger partial charge in [0.1, 0.15) is 0 Å². The van der Waals surface area contributed by atoms with E-state index in [0.717, 1.165) is 24.1 Å². The first kappa shape index (κ1) is 11.2. The molecule has 0 aromatic heterocycles. The van der Waals surface area contributed by atoms with E-state index in [1.165, 1.54) is 0 Å². The molecule has 0 aliphatic carbocycles. The summed E-state index contributed by atoms with van der Waals surface area (Å²) < 4.78 is 0.960. The van der Waals surface area contributed by atoms with Crippen molar-refractivity contribution < 1.29 is 10.2 Å². The molecule has 0 atom stereocenters. The summed E-state index contributed by atoms with van der Waals surface area (Å²) in [4.78, 5) is 2.21. The van der Waals surface area contributed by atoms with Crippen molar-refractivity contribution in [2.75, 3.05) is 26.2 Å². The van der Waals surface area contributed by atoms with Crippen LogP contribution in [0.25, 0.3) is 0 Å². The van der Waals surface area contributed by atoms with E-state index in [1.807, 2.05) is 0 Å². The van der Waals surface area contributed by atoms with Crippen LogP contribution in [0.5, 0.6) is 0 Å². The Labute approximate surface area is 87.2 Å². The van der Waals surface area contributed by atoms with Crippen LogP contribution in [0.3, 0.4) is 0 Å². The van der Waals surface area contributed by atoms with Crippen molar-refractivity contribution in [1.82, 2.24) is 4.90 Å². The number of halogens is 1. The van der Waals surface area contributed by atoms with Crippen molar-refractivity contribution in [1.29, 1.82) is 0 Å². The second-order valence-electron chi connectivity index (χ2n) is 3.68. The number of aliphatic hydroxyl groups excluding tert-OH is 1. The van der Waals surface area contributed by atoms with Crippen LogP contribution in [0.15, 0.2) is 11.1 Å². The van der Waals surface area contributed by atoms with Gasteiger partial charge in [-0.2, -0.15) is 0 Å². The largest absolute Gasteiger partial charge is 0.393 e. The summed E-state index contributed by atoms with van der Waals surface area (Å²) in [6.45, 7) is 6.10. The molecule has 0 saturated carbocycles. The van der Waals surface area contributed by atoms with E-state index in [0.29, 0.717) is 12.8 Å². The average molecular weight is 250 g/mol. The molecule has 0 unspecified atom stereocenters. The molecule has 2 N–H and O–H groups in total. The minimum Gasteiger partial charge on any atom is -0.393 e. The zero-order valence-electron chi connectivity index (χ0n) is 7.67. The Bertz CT molecular complexity index is 188. The second-order valence-corrected chi connectivity index (χ2v) is 4.80. The van der Waals surface area contributed by atoms with E-state index in [2.05, 4.69) is 27.4 Å². The van der Waals surface area contributed by atoms with Gasteiger partial charge >= 0.3 is 0 Å². The Morgan fingerprint density at radius 1 is 1.46 bits per heavy atom. The van der Waals surface area contributed by atoms with Crippen LogP contribution in [-0.2, 0) is 0 Å². The monoisotopic (exact) mass is 249 g/mol. The molecule has 4 heteroatoms. The molecular weight excluding hydrogens is 234 g/mol. The first-order chi connectivity index (χ1) is 6.06. The van der Waals surface area contributed by atoms with Crippen LogP contribution in [-0.4, -0.2) is 47.0 Å². The van der Waals surface area contributed by atoms with Gasteiger partial charge in [0.25, 0.3) is 0 Å². The molecule has 1 aliphatic heterocycles. The maximum atomic E-state index is 9.72. The van der Waals surface area contributed by atoms with E-state index in [9.17, 15) is 5.11 Å². The normalized spacial score (nSPS) is 23.0. The first-order valence-corrected chi connectivity index (χ1v) is 5.24. The zero-order chi connectivity index (χ0) is 9.90. The van der Waals surface area contributed by atoms with Crippen LogP contribution in [0.4, 0.5) is 0 Å². The molecule has 0 aromatic rings. The Balaban J connectivity index is 2.34. The lowest BCUT2D eigenvalue weighted by Gasteiger charge is -2.36. The van der Waals surface area contributed by atoms with E-state index in [1.54, 1.807) is 0 Å². The lowest BCUT2D eigenvalue weighted by molar-refractivity contribution is -0.0577. The first-order valence-electron chi connectivity index (χ1n) is 4.45. The predicted octanol–water partition coefficient (Wildman–Crippen LogP) is 0.714. The van der Waals surface area contributed by atoms with Gasteiger partial charge in [-0.25, -0.2) is 0 Å². The molecule has 76 valence electrons. The van der Waals surface area contributed by atoms with Gasteiger partial charge in [0.15, 0.2) is 0 Å². The quantitative estimate of drug-likeness (QED) is 0.775. The lowest BCUT2D eigenvalue weighted by Crippen LogP contribution is -2.46. The van der Waals surface area contributed by atoms with E-state index in [4.69, 9.17) is 5.11 Å². The summed E-state index contributed by atoms with van der Waals surface area (Å²) in [5.41, 5.74) is -0.843. The Kier molecular flexibility index (Phi) is 3.91. The molecule has 0 amide bonds. The number of aliphatic hydroxyl groups is 2. The molecule has 0 aromatic carbocycles. The summed E-state index contributed by atoms with van der Waals surface area (Å²) in [5, 5.41) is 18.6. The fourth-order valence-electron chi connectivity index (χ4n) is 1.53. The highest BCUT2D eigenvalue weighted by atomic mass is 79.9. The Morgan fingerprint density at radius 3 is 2.38 bits per heavy atom. The van der Waals surface area contributed by atoms with Crippen molar-refractivity contribution in [3.63, 3.8) is 0 Å². The molecule has 1 fully saturated rings. The van der Waals surface area contributed by atoms with Crippen molar-refractivity contribution >= 4 is 15.9 Å². The molecule has 1 heterocycles. The maximum Gasteiger partial charge on any atom is 0.0901 e. The van der Waals surface area contributed by atoms with Crippen molar-refractivity contribution in [2.24, 2.45) is 0 Å². The summed E-state index contributed by atoms with van der Waals surface area (Å²) in [6, 6.07) is 0. The number of piperidine rings is 1. The highest BCUT2D eigenvalue weighted by Gasteiger charge is 2.31. The molecule has 0 radical (unpaired) electrons. The fourth-order valence-corrected chi connectivity index (χ4v) is 1.88. The van der Waals surface area contributed by atoms with E-state index in [-0.39, 0.29) is 6.61 Å². The Hall–Kier alpha value is 0.1000. The molecule has 1 aliphatic rings. The minimum absolute atomic E-state index is 0.129. The van der Waals surface area contributed by atoms with Gasteiger partial charge in [-0.3, -0.25) is 4.90 Å². The zero-order valence-corrected chi connectivity index (χ0v) is 9.26. The Morgan fingerprint density at radius 2 is 2.00 bits per heavy atom. The van der Waals surface area contributed by atoms with E-state index < -0.39 is 5.60 Å². The highest BCUT2D eigenvalue weighted by molar-refractivity contribution is 9.11. The number of rotatable bonds is 3. The summed E-state index contributed by atoms with van der Waals surface area (Å²) in [6.07, 6.45) is 1.29. The second kappa shape index (κ2) is 4.55. The van der Waals surface area contributed by atoms with Gasteiger partial charge in [0, 0.05) is 24.1 Å². The summed E-state index contributed by atoms with van der Waals surface area (Å²) >= 11 is 3.31. The topological polar surface area (TPSA) is 43.7 Å². The minimum atomic E-state index is -0.843. The molecule has 0 spiro atoms. The standard InChI is InChI=1S/C9H16BrNO2/c1-8(10)6-11-4-2-9(13,7-12)3-5-11/h12-13H,1-7H2. The SMILES string of the molecule is C=C(Br)CN1CCC(O)(CO)CC1. The summed E-state index contributed by atoms with van der Waals surface area (Å²) in [7, 11) is 0. The smallest absolute Gasteiger partial charge is 0.0901 e. The van der Waals surface area contributed by atoms with Crippen LogP contribution >= 0.6 is 15.9 Å². The van der Waals surface area contributed by atoms with Crippen LogP contribution in [0.2, 0.25) is 0 Å². The molecule has 0 bridgehead atoms. The maximum absolute atomic E-state index is 9.72. The molecule has 1 saturated heterocycles. The van der Waals surface area contributed by atoms with Crippen LogP contribution in [0, 0.1) is 0 Å². The highest BCUT2D eigenvalue weighted by Crippen LogP contribution is 2.22. The molecule has 3 nitrogen and oxygen atoms in total. The van der Waals surface area contributed by atoms with Crippen molar-refractivity contribution in [3.8, 4) is 0 Å². The lowest BCUT2D eigenvalue weighted by atomic mass is 9.92. The molecular formula is C9H16BrNO2. The predicted molar refractivity (Wildman–Crippen MR) is 55.8 cm³/mol.